The van der Waals surface area contributed by atoms with Gasteiger partial charge in [0.25, 0.3) is 0 Å². The first-order valence-electron chi connectivity index (χ1n) is 5.13. The standard InChI is InChI=1S/C12H12N4/c1-9(2)11-5-7-16(15-11)12-10(8-13)4-3-6-14-12/h3-7,9H,1-2H3. The number of hydrogen-bond donors (Lipinski definition) is 0. The maximum absolute atomic E-state index is 8.96. The third kappa shape index (κ3) is 1.80. The van der Waals surface area contributed by atoms with Crippen LogP contribution in [0.1, 0.15) is 31.0 Å². The van der Waals surface area contributed by atoms with Crippen LogP contribution in [-0.4, -0.2) is 14.8 Å². The van der Waals surface area contributed by atoms with Crippen LogP contribution < -0.4 is 0 Å². The topological polar surface area (TPSA) is 54.5 Å². The normalized spacial score (nSPS) is 10.4. The number of nitrogens with zero attached hydrogens (tertiary/aromatic N) is 4. The van der Waals surface area contributed by atoms with Gasteiger partial charge in [-0.25, -0.2) is 9.67 Å². The van der Waals surface area contributed by atoms with E-state index >= 15 is 0 Å². The van der Waals surface area contributed by atoms with Gasteiger partial charge in [0.05, 0.1) is 11.3 Å². The van der Waals surface area contributed by atoms with Crippen LogP contribution in [-0.2, 0) is 0 Å². The van der Waals surface area contributed by atoms with Crippen molar-refractivity contribution in [2.45, 2.75) is 19.8 Å². The summed E-state index contributed by atoms with van der Waals surface area (Å²) in [6.45, 7) is 4.16. The average Bonchev–Trinajstić information content (AvgIpc) is 2.78. The second-order valence-corrected chi connectivity index (χ2v) is 3.83. The van der Waals surface area contributed by atoms with Crippen molar-refractivity contribution >= 4 is 0 Å². The minimum atomic E-state index is 0.371. The van der Waals surface area contributed by atoms with Gasteiger partial charge in [0, 0.05) is 12.4 Å². The lowest BCUT2D eigenvalue weighted by molar-refractivity contribution is 0.756. The van der Waals surface area contributed by atoms with E-state index in [4.69, 9.17) is 5.26 Å². The van der Waals surface area contributed by atoms with E-state index in [2.05, 4.69) is 30.0 Å². The lowest BCUT2D eigenvalue weighted by atomic mass is 10.1. The number of pyridine rings is 1. The molecule has 80 valence electrons. The molecule has 2 aromatic heterocycles. The zero-order valence-electron chi connectivity index (χ0n) is 9.25. The molecule has 2 aromatic rings. The second kappa shape index (κ2) is 4.15. The van der Waals surface area contributed by atoms with Crippen LogP contribution in [0.3, 0.4) is 0 Å². The van der Waals surface area contributed by atoms with Gasteiger partial charge in [-0.3, -0.25) is 0 Å². The predicted molar refractivity (Wildman–Crippen MR) is 60.2 cm³/mol. The molecule has 0 aromatic carbocycles. The Morgan fingerprint density at radius 2 is 2.19 bits per heavy atom. The molecule has 0 aliphatic rings. The second-order valence-electron chi connectivity index (χ2n) is 3.83. The minimum Gasteiger partial charge on any atom is -0.236 e. The number of nitriles is 1. The first-order chi connectivity index (χ1) is 7.72. The largest absolute Gasteiger partial charge is 0.236 e. The zero-order valence-corrected chi connectivity index (χ0v) is 9.25. The number of rotatable bonds is 2. The molecule has 0 fully saturated rings. The highest BCUT2D eigenvalue weighted by Crippen LogP contribution is 2.14. The minimum absolute atomic E-state index is 0.371. The van der Waals surface area contributed by atoms with E-state index in [9.17, 15) is 0 Å². The SMILES string of the molecule is CC(C)c1ccn(-c2ncccc2C#N)n1. The fraction of sp³-hybridized carbons (Fsp3) is 0.250. The predicted octanol–water partition coefficient (Wildman–Crippen LogP) is 2.26. The van der Waals surface area contributed by atoms with E-state index in [0.717, 1.165) is 5.69 Å². The summed E-state index contributed by atoms with van der Waals surface area (Å²) >= 11 is 0. The van der Waals surface area contributed by atoms with E-state index in [-0.39, 0.29) is 0 Å². The van der Waals surface area contributed by atoms with Gasteiger partial charge in [-0.2, -0.15) is 10.4 Å². The molecule has 0 bridgehead atoms. The van der Waals surface area contributed by atoms with E-state index in [1.807, 2.05) is 12.3 Å². The van der Waals surface area contributed by atoms with Crippen molar-refractivity contribution < 1.29 is 0 Å². The van der Waals surface area contributed by atoms with Gasteiger partial charge in [-0.05, 0) is 24.1 Å². The van der Waals surface area contributed by atoms with Crippen molar-refractivity contribution in [2.75, 3.05) is 0 Å². The zero-order chi connectivity index (χ0) is 11.5. The third-order valence-electron chi connectivity index (χ3n) is 2.33. The highest BCUT2D eigenvalue weighted by Gasteiger charge is 2.08. The quantitative estimate of drug-likeness (QED) is 0.767. The lowest BCUT2D eigenvalue weighted by Crippen LogP contribution is -2.02. The Labute approximate surface area is 94.2 Å². The van der Waals surface area contributed by atoms with Crippen LogP contribution >= 0.6 is 0 Å². The van der Waals surface area contributed by atoms with Crippen molar-refractivity contribution in [2.24, 2.45) is 0 Å². The molecule has 4 nitrogen and oxygen atoms in total. The Hall–Kier alpha value is -2.15. The van der Waals surface area contributed by atoms with Gasteiger partial charge in [0.15, 0.2) is 5.82 Å². The van der Waals surface area contributed by atoms with Crippen LogP contribution in [0.15, 0.2) is 30.6 Å². The number of aromatic nitrogens is 3. The van der Waals surface area contributed by atoms with Gasteiger partial charge in [0.2, 0.25) is 0 Å². The summed E-state index contributed by atoms with van der Waals surface area (Å²) in [5.74, 6) is 0.951. The monoisotopic (exact) mass is 212 g/mol. The Balaban J connectivity index is 2.47. The van der Waals surface area contributed by atoms with Crippen LogP contribution in [0.25, 0.3) is 5.82 Å². The Morgan fingerprint density at radius 3 is 2.81 bits per heavy atom. The molecule has 0 unspecified atom stereocenters. The Morgan fingerprint density at radius 1 is 1.38 bits per heavy atom. The molecule has 0 aliphatic heterocycles. The van der Waals surface area contributed by atoms with Gasteiger partial charge < -0.3 is 0 Å². The smallest absolute Gasteiger partial charge is 0.171 e. The lowest BCUT2D eigenvalue weighted by Gasteiger charge is -2.02. The summed E-state index contributed by atoms with van der Waals surface area (Å²) in [7, 11) is 0. The summed E-state index contributed by atoms with van der Waals surface area (Å²) in [6, 6.07) is 7.53. The molecule has 4 heteroatoms. The fourth-order valence-corrected chi connectivity index (χ4v) is 1.43. The Bertz CT molecular complexity index is 534. The van der Waals surface area contributed by atoms with Crippen LogP contribution in [0.5, 0.6) is 0 Å². The third-order valence-corrected chi connectivity index (χ3v) is 2.33. The first-order valence-corrected chi connectivity index (χ1v) is 5.13. The van der Waals surface area contributed by atoms with Crippen molar-refractivity contribution in [1.29, 1.82) is 5.26 Å². The van der Waals surface area contributed by atoms with E-state index in [0.29, 0.717) is 17.3 Å². The van der Waals surface area contributed by atoms with Crippen molar-refractivity contribution in [1.82, 2.24) is 14.8 Å². The molecule has 16 heavy (non-hydrogen) atoms. The molecule has 0 aliphatic carbocycles. The summed E-state index contributed by atoms with van der Waals surface area (Å²) in [4.78, 5) is 4.17. The molecule has 0 saturated heterocycles. The molecular formula is C12H12N4. The maximum Gasteiger partial charge on any atom is 0.171 e. The molecule has 0 amide bonds. The van der Waals surface area contributed by atoms with E-state index in [1.54, 1.807) is 23.0 Å². The highest BCUT2D eigenvalue weighted by molar-refractivity contribution is 5.42. The van der Waals surface area contributed by atoms with Gasteiger partial charge in [0.1, 0.15) is 6.07 Å². The van der Waals surface area contributed by atoms with Gasteiger partial charge >= 0.3 is 0 Å². The molecule has 2 rings (SSSR count). The van der Waals surface area contributed by atoms with Crippen molar-refractivity contribution in [3.8, 4) is 11.9 Å². The maximum atomic E-state index is 8.96. The van der Waals surface area contributed by atoms with E-state index < -0.39 is 0 Å². The van der Waals surface area contributed by atoms with Gasteiger partial charge in [-0.15, -0.1) is 0 Å². The molecule has 0 saturated carbocycles. The molecule has 0 N–H and O–H groups in total. The van der Waals surface area contributed by atoms with E-state index in [1.165, 1.54) is 0 Å². The first kappa shape index (κ1) is 10.4. The summed E-state index contributed by atoms with van der Waals surface area (Å²) in [5.41, 5.74) is 1.52. The molecule has 0 spiro atoms. The van der Waals surface area contributed by atoms with Crippen molar-refractivity contribution in [3.63, 3.8) is 0 Å². The van der Waals surface area contributed by atoms with Crippen molar-refractivity contribution in [3.05, 3.63) is 41.9 Å². The molecule has 0 atom stereocenters. The summed E-state index contributed by atoms with van der Waals surface area (Å²) < 4.78 is 1.65. The summed E-state index contributed by atoms with van der Waals surface area (Å²) in [5, 5.41) is 13.4. The number of hydrogen-bond acceptors (Lipinski definition) is 3. The molecule has 2 heterocycles. The molecular weight excluding hydrogens is 200 g/mol. The van der Waals surface area contributed by atoms with Crippen LogP contribution in [0.2, 0.25) is 0 Å². The fourth-order valence-electron chi connectivity index (χ4n) is 1.43. The molecule has 0 radical (unpaired) electrons. The van der Waals surface area contributed by atoms with Gasteiger partial charge in [-0.1, -0.05) is 13.8 Å². The highest BCUT2D eigenvalue weighted by atomic mass is 15.3. The average molecular weight is 212 g/mol. The van der Waals surface area contributed by atoms with Crippen LogP contribution in [0.4, 0.5) is 0 Å². The van der Waals surface area contributed by atoms with Crippen LogP contribution in [0, 0.1) is 11.3 Å². The Kier molecular flexibility index (Phi) is 2.69. The summed E-state index contributed by atoms with van der Waals surface area (Å²) in [6.07, 6.45) is 3.49.